The van der Waals surface area contributed by atoms with Crippen LogP contribution in [0.4, 0.5) is 0 Å². The molecule has 3 nitrogen and oxygen atoms in total. The Balaban J connectivity index is 1.87. The van der Waals surface area contributed by atoms with Gasteiger partial charge in [-0.3, -0.25) is 4.84 Å². The first-order chi connectivity index (χ1) is 12.9. The summed E-state index contributed by atoms with van der Waals surface area (Å²) in [5.41, 5.74) is 0. The Kier molecular flexibility index (Phi) is 13.6. The molecule has 0 saturated carbocycles. The second-order valence-electron chi connectivity index (χ2n) is 8.61. The molecular formula is C23H46N2O. The van der Waals surface area contributed by atoms with Gasteiger partial charge in [-0.25, -0.2) is 0 Å². The van der Waals surface area contributed by atoms with Crippen LogP contribution in [0.1, 0.15) is 109 Å². The van der Waals surface area contributed by atoms with Crippen LogP contribution in [0.15, 0.2) is 0 Å². The predicted octanol–water partition coefficient (Wildman–Crippen LogP) is 6.18. The van der Waals surface area contributed by atoms with Crippen LogP contribution in [0.25, 0.3) is 0 Å². The number of hydrogen-bond acceptors (Lipinski definition) is 3. The summed E-state index contributed by atoms with van der Waals surface area (Å²) in [6, 6.07) is 0. The second-order valence-corrected chi connectivity index (χ2v) is 8.61. The summed E-state index contributed by atoms with van der Waals surface area (Å²) in [5, 5.41) is 2.31. The van der Waals surface area contributed by atoms with E-state index in [2.05, 4.69) is 9.96 Å². The minimum atomic E-state index is 0.937. The molecule has 0 spiro atoms. The van der Waals surface area contributed by atoms with Gasteiger partial charge in [-0.1, -0.05) is 70.6 Å². The van der Waals surface area contributed by atoms with Gasteiger partial charge in [0.1, 0.15) is 0 Å². The average molecular weight is 367 g/mol. The van der Waals surface area contributed by atoms with E-state index in [4.69, 9.17) is 4.84 Å². The van der Waals surface area contributed by atoms with E-state index in [1.165, 1.54) is 129 Å². The highest BCUT2D eigenvalue weighted by molar-refractivity contribution is 4.61. The van der Waals surface area contributed by atoms with E-state index in [1.807, 2.05) is 0 Å². The molecule has 3 heterocycles. The number of rotatable bonds is 0. The minimum Gasteiger partial charge on any atom is -0.303 e. The van der Waals surface area contributed by atoms with Gasteiger partial charge in [0.05, 0.1) is 6.61 Å². The van der Waals surface area contributed by atoms with Gasteiger partial charge in [-0.15, -0.1) is 0 Å². The highest BCUT2D eigenvalue weighted by Gasteiger charge is 2.08. The van der Waals surface area contributed by atoms with Crippen molar-refractivity contribution in [3.05, 3.63) is 0 Å². The van der Waals surface area contributed by atoms with Crippen molar-refractivity contribution >= 4 is 0 Å². The van der Waals surface area contributed by atoms with Crippen LogP contribution in [-0.4, -0.2) is 49.3 Å². The summed E-state index contributed by atoms with van der Waals surface area (Å²) in [5.74, 6) is 0. The van der Waals surface area contributed by atoms with Crippen molar-refractivity contribution in [2.45, 2.75) is 109 Å². The van der Waals surface area contributed by atoms with Gasteiger partial charge in [-0.2, -0.15) is 5.06 Å². The third-order valence-corrected chi connectivity index (χ3v) is 6.16. The van der Waals surface area contributed by atoms with Crippen LogP contribution < -0.4 is 0 Å². The summed E-state index contributed by atoms with van der Waals surface area (Å²) < 4.78 is 0. The first kappa shape index (κ1) is 22.2. The predicted molar refractivity (Wildman–Crippen MR) is 112 cm³/mol. The quantitative estimate of drug-likeness (QED) is 0.509. The highest BCUT2D eigenvalue weighted by atomic mass is 16.7. The van der Waals surface area contributed by atoms with Gasteiger partial charge in [0.15, 0.2) is 0 Å². The van der Waals surface area contributed by atoms with Crippen LogP contribution in [0.2, 0.25) is 0 Å². The van der Waals surface area contributed by atoms with Crippen molar-refractivity contribution in [1.29, 1.82) is 0 Å². The zero-order chi connectivity index (χ0) is 18.1. The summed E-state index contributed by atoms with van der Waals surface area (Å²) >= 11 is 0. The lowest BCUT2D eigenvalue weighted by Crippen LogP contribution is -2.28. The van der Waals surface area contributed by atoms with Crippen molar-refractivity contribution in [1.82, 2.24) is 9.96 Å². The fraction of sp³-hybridized carbons (Fsp3) is 1.00. The number of hydroxylamine groups is 2. The molecule has 3 saturated heterocycles. The van der Waals surface area contributed by atoms with E-state index in [1.54, 1.807) is 0 Å². The largest absolute Gasteiger partial charge is 0.303 e. The SMILES string of the molecule is C1CCCCN2CCCCCCCCN(CCC1)CCCCCCCO2. The monoisotopic (exact) mass is 366 g/mol. The van der Waals surface area contributed by atoms with Gasteiger partial charge in [0.2, 0.25) is 0 Å². The standard InChI is InChI=1S/C23H46N2O/c1-3-9-15-21-25-22-16-10-4-2-7-13-19-24(18-12-6-1)20-14-8-5-11-17-23-26-25/h1-23H2. The Labute approximate surface area is 163 Å². The molecule has 0 aliphatic carbocycles. The number of hydrogen-bond donors (Lipinski definition) is 0. The highest BCUT2D eigenvalue weighted by Crippen LogP contribution is 2.14. The van der Waals surface area contributed by atoms with E-state index < -0.39 is 0 Å². The molecule has 0 amide bonds. The van der Waals surface area contributed by atoms with Crippen LogP contribution in [0, 0.1) is 0 Å². The van der Waals surface area contributed by atoms with Crippen LogP contribution in [0.3, 0.4) is 0 Å². The number of fused-ring (bicyclic) bond motifs is 21. The van der Waals surface area contributed by atoms with Gasteiger partial charge in [-0.05, 0) is 58.2 Å². The first-order valence-electron chi connectivity index (χ1n) is 12.1. The molecule has 0 N–H and O–H groups in total. The minimum absolute atomic E-state index is 0.937. The van der Waals surface area contributed by atoms with E-state index in [0.717, 1.165) is 19.7 Å². The molecule has 3 aliphatic rings. The lowest BCUT2D eigenvalue weighted by Gasteiger charge is -2.24. The molecule has 0 radical (unpaired) electrons. The fourth-order valence-corrected chi connectivity index (χ4v) is 4.40. The molecule has 0 aromatic carbocycles. The molecule has 0 aromatic rings. The lowest BCUT2D eigenvalue weighted by molar-refractivity contribution is -0.161. The summed E-state index contributed by atoms with van der Waals surface area (Å²) in [4.78, 5) is 8.93. The maximum atomic E-state index is 6.15. The Morgan fingerprint density at radius 1 is 0.346 bits per heavy atom. The molecule has 26 heavy (non-hydrogen) atoms. The van der Waals surface area contributed by atoms with Gasteiger partial charge in [0.25, 0.3) is 0 Å². The molecular weight excluding hydrogens is 320 g/mol. The van der Waals surface area contributed by atoms with E-state index in [0.29, 0.717) is 0 Å². The Hall–Kier alpha value is -0.120. The zero-order valence-corrected chi connectivity index (χ0v) is 17.6. The van der Waals surface area contributed by atoms with Crippen LogP contribution in [0.5, 0.6) is 0 Å². The molecule has 0 aromatic heterocycles. The van der Waals surface area contributed by atoms with E-state index >= 15 is 0 Å². The molecule has 154 valence electrons. The normalized spacial score (nSPS) is 30.5. The van der Waals surface area contributed by atoms with Gasteiger partial charge < -0.3 is 4.90 Å². The average Bonchev–Trinajstić information content (AvgIpc) is 2.65. The third kappa shape index (κ3) is 11.6. The van der Waals surface area contributed by atoms with E-state index in [-0.39, 0.29) is 0 Å². The first-order valence-corrected chi connectivity index (χ1v) is 12.1. The maximum Gasteiger partial charge on any atom is 0.0685 e. The van der Waals surface area contributed by atoms with Crippen molar-refractivity contribution < 1.29 is 4.84 Å². The van der Waals surface area contributed by atoms with Gasteiger partial charge in [0, 0.05) is 13.1 Å². The lowest BCUT2D eigenvalue weighted by atomic mass is 10.1. The molecule has 3 fully saturated rings. The fourth-order valence-electron chi connectivity index (χ4n) is 4.40. The van der Waals surface area contributed by atoms with Crippen molar-refractivity contribution in [2.24, 2.45) is 0 Å². The molecule has 2 bridgehead atoms. The van der Waals surface area contributed by atoms with Crippen LogP contribution in [-0.2, 0) is 4.84 Å². The Bertz CT molecular complexity index is 233. The maximum absolute atomic E-state index is 6.15. The number of nitrogens with zero attached hydrogens (tertiary/aromatic N) is 2. The van der Waals surface area contributed by atoms with Crippen molar-refractivity contribution in [3.8, 4) is 0 Å². The molecule has 3 aliphatic heterocycles. The smallest absolute Gasteiger partial charge is 0.0685 e. The van der Waals surface area contributed by atoms with Crippen molar-refractivity contribution in [3.63, 3.8) is 0 Å². The molecule has 3 rings (SSSR count). The Morgan fingerprint density at radius 3 is 1.15 bits per heavy atom. The van der Waals surface area contributed by atoms with Crippen molar-refractivity contribution in [2.75, 3.05) is 39.3 Å². The molecule has 0 unspecified atom stereocenters. The van der Waals surface area contributed by atoms with Crippen LogP contribution >= 0.6 is 0 Å². The second kappa shape index (κ2) is 15.9. The summed E-state index contributed by atoms with van der Waals surface area (Å²) in [6.07, 6.45) is 23.5. The molecule has 0 atom stereocenters. The topological polar surface area (TPSA) is 15.7 Å². The Morgan fingerprint density at radius 2 is 0.692 bits per heavy atom. The zero-order valence-electron chi connectivity index (χ0n) is 17.6. The summed E-state index contributed by atoms with van der Waals surface area (Å²) in [7, 11) is 0. The third-order valence-electron chi connectivity index (χ3n) is 6.16. The van der Waals surface area contributed by atoms with Gasteiger partial charge >= 0.3 is 0 Å². The van der Waals surface area contributed by atoms with E-state index in [9.17, 15) is 0 Å². The summed E-state index contributed by atoms with van der Waals surface area (Å²) in [6.45, 7) is 7.27. The molecule has 3 heteroatoms.